The zero-order valence-corrected chi connectivity index (χ0v) is 10.0. The second-order valence-corrected chi connectivity index (χ2v) is 4.87. The van der Waals surface area contributed by atoms with E-state index in [9.17, 15) is 0 Å². The Labute approximate surface area is 103 Å². The minimum Gasteiger partial charge on any atom is -0.325 e. The number of fused-ring (bicyclic) bond motifs is 1. The fraction of sp³-hybridized carbons (Fsp3) is 0.167. The van der Waals surface area contributed by atoms with Crippen molar-refractivity contribution in [3.05, 3.63) is 47.2 Å². The van der Waals surface area contributed by atoms with E-state index in [0.717, 1.165) is 16.2 Å². The van der Waals surface area contributed by atoms with Crippen LogP contribution in [-0.4, -0.2) is 14.8 Å². The van der Waals surface area contributed by atoms with Crippen molar-refractivity contribution in [2.24, 2.45) is 5.73 Å². The number of aromatic nitrogens is 3. The zero-order valence-electron chi connectivity index (χ0n) is 9.21. The van der Waals surface area contributed by atoms with Crippen molar-refractivity contribution in [3.63, 3.8) is 0 Å². The van der Waals surface area contributed by atoms with Crippen LogP contribution in [-0.2, 0) is 13.1 Å². The summed E-state index contributed by atoms with van der Waals surface area (Å²) in [6.45, 7) is 1.20. The maximum atomic E-state index is 5.65. The zero-order chi connectivity index (χ0) is 11.7. The van der Waals surface area contributed by atoms with Gasteiger partial charge in [0.05, 0.1) is 22.5 Å². The molecule has 1 aromatic carbocycles. The van der Waals surface area contributed by atoms with Gasteiger partial charge in [0, 0.05) is 12.7 Å². The van der Waals surface area contributed by atoms with Crippen molar-refractivity contribution >= 4 is 21.6 Å². The van der Waals surface area contributed by atoms with E-state index in [0.29, 0.717) is 13.1 Å². The molecule has 86 valence electrons. The third-order valence-corrected chi connectivity index (χ3v) is 3.66. The molecule has 0 aliphatic rings. The van der Waals surface area contributed by atoms with Crippen LogP contribution in [0.4, 0.5) is 0 Å². The highest BCUT2D eigenvalue weighted by Crippen LogP contribution is 2.22. The van der Waals surface area contributed by atoms with Crippen LogP contribution in [0, 0.1) is 0 Å². The number of hydrogen-bond acceptors (Lipinski definition) is 4. The number of nitrogens with zero attached hydrogens (tertiary/aromatic N) is 3. The van der Waals surface area contributed by atoms with Crippen molar-refractivity contribution in [2.75, 3.05) is 0 Å². The van der Waals surface area contributed by atoms with Crippen molar-refractivity contribution in [1.82, 2.24) is 14.8 Å². The molecule has 0 aliphatic carbocycles. The number of thiazole rings is 1. The summed E-state index contributed by atoms with van der Waals surface area (Å²) in [6.07, 6.45) is 1.77. The fourth-order valence-corrected chi connectivity index (χ4v) is 2.74. The van der Waals surface area contributed by atoms with E-state index >= 15 is 0 Å². The van der Waals surface area contributed by atoms with Gasteiger partial charge in [0.15, 0.2) is 0 Å². The number of para-hydroxylation sites is 1. The lowest BCUT2D eigenvalue weighted by atomic mass is 10.3. The summed E-state index contributed by atoms with van der Waals surface area (Å²) in [6, 6.07) is 10.1. The molecule has 3 aromatic rings. The summed E-state index contributed by atoms with van der Waals surface area (Å²) in [4.78, 5) is 4.58. The second-order valence-electron chi connectivity index (χ2n) is 3.76. The Morgan fingerprint density at radius 1 is 1.24 bits per heavy atom. The smallest absolute Gasteiger partial charge is 0.115 e. The van der Waals surface area contributed by atoms with E-state index in [4.69, 9.17) is 5.73 Å². The van der Waals surface area contributed by atoms with Gasteiger partial charge in [-0.2, -0.15) is 5.10 Å². The largest absolute Gasteiger partial charge is 0.325 e. The highest BCUT2D eigenvalue weighted by Gasteiger charge is 2.06. The Morgan fingerprint density at radius 3 is 2.94 bits per heavy atom. The lowest BCUT2D eigenvalue weighted by molar-refractivity contribution is 0.644. The number of benzene rings is 1. The predicted octanol–water partition coefficient (Wildman–Crippen LogP) is 2.00. The molecule has 0 saturated carbocycles. The number of rotatable bonds is 3. The van der Waals surface area contributed by atoms with E-state index in [1.54, 1.807) is 17.5 Å². The van der Waals surface area contributed by atoms with Gasteiger partial charge >= 0.3 is 0 Å². The Hall–Kier alpha value is -1.72. The average Bonchev–Trinajstić information content (AvgIpc) is 2.94. The molecule has 17 heavy (non-hydrogen) atoms. The molecule has 2 N–H and O–H groups in total. The quantitative estimate of drug-likeness (QED) is 0.766. The van der Waals surface area contributed by atoms with Crippen LogP contribution in [0.25, 0.3) is 10.2 Å². The predicted molar refractivity (Wildman–Crippen MR) is 68.8 cm³/mol. The van der Waals surface area contributed by atoms with Gasteiger partial charge in [0.1, 0.15) is 5.01 Å². The van der Waals surface area contributed by atoms with E-state index in [1.165, 1.54) is 4.70 Å². The third kappa shape index (κ3) is 1.94. The molecule has 4 nitrogen and oxygen atoms in total. The molecule has 5 heteroatoms. The lowest BCUT2D eigenvalue weighted by Gasteiger charge is -2.02. The second kappa shape index (κ2) is 4.27. The topological polar surface area (TPSA) is 56.7 Å². The van der Waals surface area contributed by atoms with Gasteiger partial charge < -0.3 is 5.73 Å². The molecule has 0 atom stereocenters. The molecule has 0 fully saturated rings. The van der Waals surface area contributed by atoms with Gasteiger partial charge in [-0.25, -0.2) is 4.98 Å². The summed E-state index contributed by atoms with van der Waals surface area (Å²) >= 11 is 1.70. The van der Waals surface area contributed by atoms with E-state index in [-0.39, 0.29) is 0 Å². The van der Waals surface area contributed by atoms with E-state index in [1.807, 2.05) is 28.9 Å². The van der Waals surface area contributed by atoms with Crippen LogP contribution in [0.15, 0.2) is 36.5 Å². The van der Waals surface area contributed by atoms with Crippen LogP contribution < -0.4 is 5.73 Å². The summed E-state index contributed by atoms with van der Waals surface area (Å²) in [7, 11) is 0. The van der Waals surface area contributed by atoms with Crippen molar-refractivity contribution in [2.45, 2.75) is 13.1 Å². The van der Waals surface area contributed by atoms with Gasteiger partial charge in [0.2, 0.25) is 0 Å². The molecular formula is C12H12N4S. The third-order valence-electron chi connectivity index (χ3n) is 2.64. The molecule has 0 radical (unpaired) electrons. The summed E-state index contributed by atoms with van der Waals surface area (Å²) in [5.74, 6) is 0. The summed E-state index contributed by atoms with van der Waals surface area (Å²) in [5.41, 5.74) is 7.73. The van der Waals surface area contributed by atoms with Crippen LogP contribution in [0.1, 0.15) is 10.7 Å². The summed E-state index contributed by atoms with van der Waals surface area (Å²) < 4.78 is 3.11. The SMILES string of the molecule is NCc1ccnn1Cc1nc2ccccc2s1. The van der Waals surface area contributed by atoms with Crippen LogP contribution in [0.5, 0.6) is 0 Å². The van der Waals surface area contributed by atoms with E-state index in [2.05, 4.69) is 16.1 Å². The Kier molecular flexibility index (Phi) is 2.62. The van der Waals surface area contributed by atoms with Gasteiger partial charge in [-0.1, -0.05) is 12.1 Å². The molecule has 0 bridgehead atoms. The highest BCUT2D eigenvalue weighted by atomic mass is 32.1. The molecule has 2 heterocycles. The molecule has 0 saturated heterocycles. The first kappa shape index (κ1) is 10.4. The Morgan fingerprint density at radius 2 is 2.12 bits per heavy atom. The Bertz CT molecular complexity index is 608. The summed E-state index contributed by atoms with van der Waals surface area (Å²) in [5, 5.41) is 5.32. The molecule has 0 aliphatic heterocycles. The van der Waals surface area contributed by atoms with Gasteiger partial charge in [-0.05, 0) is 18.2 Å². The molecule has 0 amide bonds. The van der Waals surface area contributed by atoms with Crippen molar-refractivity contribution in [3.8, 4) is 0 Å². The minimum atomic E-state index is 0.505. The fourth-order valence-electron chi connectivity index (χ4n) is 1.79. The normalized spacial score (nSPS) is 11.1. The maximum absolute atomic E-state index is 5.65. The standard InChI is InChI=1S/C12H12N4S/c13-7-9-5-6-14-16(9)8-12-15-10-3-1-2-4-11(10)17-12/h1-6H,7-8,13H2. The van der Waals surface area contributed by atoms with Gasteiger partial charge in [0.25, 0.3) is 0 Å². The molecule has 3 rings (SSSR count). The average molecular weight is 244 g/mol. The van der Waals surface area contributed by atoms with Crippen LogP contribution in [0.3, 0.4) is 0 Å². The monoisotopic (exact) mass is 244 g/mol. The highest BCUT2D eigenvalue weighted by molar-refractivity contribution is 7.18. The van der Waals surface area contributed by atoms with Crippen LogP contribution >= 0.6 is 11.3 Å². The maximum Gasteiger partial charge on any atom is 0.115 e. The number of nitrogens with two attached hydrogens (primary N) is 1. The first-order valence-corrected chi connectivity index (χ1v) is 6.23. The van der Waals surface area contributed by atoms with Crippen LogP contribution in [0.2, 0.25) is 0 Å². The van der Waals surface area contributed by atoms with Crippen molar-refractivity contribution in [1.29, 1.82) is 0 Å². The molecular weight excluding hydrogens is 232 g/mol. The van der Waals surface area contributed by atoms with E-state index < -0.39 is 0 Å². The first-order valence-electron chi connectivity index (χ1n) is 5.42. The molecule has 2 aromatic heterocycles. The van der Waals surface area contributed by atoms with Gasteiger partial charge in [-0.15, -0.1) is 11.3 Å². The molecule has 0 unspecified atom stereocenters. The molecule has 0 spiro atoms. The Balaban J connectivity index is 1.94. The first-order chi connectivity index (χ1) is 8.36. The van der Waals surface area contributed by atoms with Crippen molar-refractivity contribution < 1.29 is 0 Å². The minimum absolute atomic E-state index is 0.505. The van der Waals surface area contributed by atoms with Gasteiger partial charge in [-0.3, -0.25) is 4.68 Å². The lowest BCUT2D eigenvalue weighted by Crippen LogP contribution is -2.09. The number of hydrogen-bond donors (Lipinski definition) is 1.